The van der Waals surface area contributed by atoms with Crippen LogP contribution in [-0.2, 0) is 28.6 Å². The number of hydrogen-bond acceptors (Lipinski definition) is 6. The van der Waals surface area contributed by atoms with Crippen LogP contribution in [-0.4, -0.2) is 37.2 Å². The molecule has 0 fully saturated rings. The third-order valence-electron chi connectivity index (χ3n) is 13.3. The van der Waals surface area contributed by atoms with Gasteiger partial charge in [0.1, 0.15) is 13.2 Å². The van der Waals surface area contributed by atoms with Crippen LogP contribution in [0, 0.1) is 0 Å². The maximum Gasteiger partial charge on any atom is 0.306 e. The maximum atomic E-state index is 12.9. The quantitative estimate of drug-likeness (QED) is 0.0261. The fourth-order valence-electron chi connectivity index (χ4n) is 8.63. The Labute approximate surface area is 452 Å². The molecule has 73 heavy (non-hydrogen) atoms. The molecule has 1 atom stereocenters. The molecule has 0 aliphatic carbocycles. The van der Waals surface area contributed by atoms with Crippen molar-refractivity contribution in [2.24, 2.45) is 0 Å². The minimum atomic E-state index is -0.795. The zero-order valence-corrected chi connectivity index (χ0v) is 48.1. The molecule has 0 aromatic heterocycles. The van der Waals surface area contributed by atoms with Crippen molar-refractivity contribution in [1.82, 2.24) is 0 Å². The van der Waals surface area contributed by atoms with Gasteiger partial charge in [-0.15, -0.1) is 0 Å². The number of allylic oxidation sites excluding steroid dienone is 14. The van der Waals surface area contributed by atoms with Crippen LogP contribution >= 0.6 is 0 Å². The van der Waals surface area contributed by atoms with Gasteiger partial charge in [0, 0.05) is 19.3 Å². The van der Waals surface area contributed by atoms with Crippen LogP contribution < -0.4 is 0 Å². The molecule has 0 saturated carbocycles. The zero-order valence-electron chi connectivity index (χ0n) is 48.1. The summed E-state index contributed by atoms with van der Waals surface area (Å²) in [6.45, 7) is 6.57. The molecular formula is C67H116O6. The van der Waals surface area contributed by atoms with Gasteiger partial charge < -0.3 is 14.2 Å². The van der Waals surface area contributed by atoms with Gasteiger partial charge in [-0.1, -0.05) is 247 Å². The van der Waals surface area contributed by atoms with Crippen LogP contribution in [0.1, 0.15) is 303 Å². The molecule has 0 aliphatic heterocycles. The molecule has 0 radical (unpaired) electrons. The second-order valence-corrected chi connectivity index (χ2v) is 20.6. The first-order valence-corrected chi connectivity index (χ1v) is 31.1. The molecule has 0 amide bonds. The number of unbranched alkanes of at least 4 members (excludes halogenated alkanes) is 31. The van der Waals surface area contributed by atoms with Crippen LogP contribution in [0.5, 0.6) is 0 Å². The lowest BCUT2D eigenvalue weighted by Crippen LogP contribution is -2.30. The molecule has 6 heteroatoms. The molecule has 0 bridgehead atoms. The predicted molar refractivity (Wildman–Crippen MR) is 316 cm³/mol. The minimum Gasteiger partial charge on any atom is -0.462 e. The highest BCUT2D eigenvalue weighted by atomic mass is 16.6. The second kappa shape index (κ2) is 61.1. The Kier molecular flexibility index (Phi) is 58.3. The Morgan fingerprint density at radius 1 is 0.274 bits per heavy atom. The van der Waals surface area contributed by atoms with Gasteiger partial charge in [0.15, 0.2) is 6.10 Å². The van der Waals surface area contributed by atoms with E-state index in [0.29, 0.717) is 19.3 Å². The first kappa shape index (κ1) is 69.6. The molecule has 0 saturated heterocycles. The van der Waals surface area contributed by atoms with Crippen molar-refractivity contribution in [3.8, 4) is 0 Å². The number of carbonyl (C=O) groups is 3. The number of carbonyl (C=O) groups excluding carboxylic acids is 3. The van der Waals surface area contributed by atoms with Gasteiger partial charge >= 0.3 is 17.9 Å². The van der Waals surface area contributed by atoms with Gasteiger partial charge in [-0.25, -0.2) is 0 Å². The summed E-state index contributed by atoms with van der Waals surface area (Å²) in [5.74, 6) is -0.920. The third-order valence-corrected chi connectivity index (χ3v) is 13.3. The smallest absolute Gasteiger partial charge is 0.306 e. The van der Waals surface area contributed by atoms with Crippen LogP contribution in [0.3, 0.4) is 0 Å². The Morgan fingerprint density at radius 2 is 0.493 bits per heavy atom. The molecule has 420 valence electrons. The van der Waals surface area contributed by atoms with Gasteiger partial charge in [0.25, 0.3) is 0 Å². The molecular weight excluding hydrogens is 901 g/mol. The molecule has 0 aliphatic rings. The lowest BCUT2D eigenvalue weighted by atomic mass is 10.1. The first-order chi connectivity index (χ1) is 36.0. The lowest BCUT2D eigenvalue weighted by molar-refractivity contribution is -0.167. The van der Waals surface area contributed by atoms with E-state index in [1.807, 2.05) is 0 Å². The van der Waals surface area contributed by atoms with Crippen molar-refractivity contribution in [3.63, 3.8) is 0 Å². The van der Waals surface area contributed by atoms with Gasteiger partial charge in [-0.3, -0.25) is 14.4 Å². The first-order valence-electron chi connectivity index (χ1n) is 31.1. The summed E-state index contributed by atoms with van der Waals surface area (Å²) in [6, 6.07) is 0. The minimum absolute atomic E-state index is 0.0901. The van der Waals surface area contributed by atoms with Crippen LogP contribution in [0.25, 0.3) is 0 Å². The van der Waals surface area contributed by atoms with E-state index in [1.165, 1.54) is 173 Å². The van der Waals surface area contributed by atoms with Crippen molar-refractivity contribution >= 4 is 17.9 Å². The van der Waals surface area contributed by atoms with Gasteiger partial charge in [0.05, 0.1) is 0 Å². The van der Waals surface area contributed by atoms with E-state index in [4.69, 9.17) is 14.2 Å². The summed E-state index contributed by atoms with van der Waals surface area (Å²) in [6.07, 6.45) is 80.0. The van der Waals surface area contributed by atoms with Crippen LogP contribution in [0.2, 0.25) is 0 Å². The second-order valence-electron chi connectivity index (χ2n) is 20.6. The summed E-state index contributed by atoms with van der Waals surface area (Å²) >= 11 is 0. The fourth-order valence-corrected chi connectivity index (χ4v) is 8.63. The highest BCUT2D eigenvalue weighted by Crippen LogP contribution is 2.15. The number of rotatable bonds is 56. The highest BCUT2D eigenvalue weighted by Gasteiger charge is 2.19. The molecule has 0 N–H and O–H groups in total. The van der Waals surface area contributed by atoms with E-state index < -0.39 is 6.10 Å². The van der Waals surface area contributed by atoms with E-state index in [2.05, 4.69) is 106 Å². The van der Waals surface area contributed by atoms with Crippen LogP contribution in [0.15, 0.2) is 85.1 Å². The average Bonchev–Trinajstić information content (AvgIpc) is 3.39. The van der Waals surface area contributed by atoms with Crippen molar-refractivity contribution in [2.45, 2.75) is 309 Å². The molecule has 6 nitrogen and oxygen atoms in total. The summed E-state index contributed by atoms with van der Waals surface area (Å²) in [4.78, 5) is 38.3. The molecule has 0 aromatic carbocycles. The van der Waals surface area contributed by atoms with Crippen LogP contribution in [0.4, 0.5) is 0 Å². The van der Waals surface area contributed by atoms with E-state index >= 15 is 0 Å². The Balaban J connectivity index is 4.45. The number of esters is 3. The molecule has 0 rings (SSSR count). The number of hydrogen-bond donors (Lipinski definition) is 0. The van der Waals surface area contributed by atoms with Crippen molar-refractivity contribution in [2.75, 3.05) is 13.2 Å². The van der Waals surface area contributed by atoms with Gasteiger partial charge in [-0.2, -0.15) is 0 Å². The SMILES string of the molecule is CCCCC/C=C\C/C=C\C/C=C\C/C=C\CCCCCC(=O)OC[C@H](COC(=O)CCCCCCCCC/C=C\CCCCCCCC)OC(=O)CCCCCCCCCCC/C=C\C/C=C\CCCCC. The van der Waals surface area contributed by atoms with Gasteiger partial charge in [-0.05, 0) is 122 Å². The average molecular weight is 1020 g/mol. The van der Waals surface area contributed by atoms with Crippen molar-refractivity contribution in [3.05, 3.63) is 85.1 Å². The largest absolute Gasteiger partial charge is 0.462 e. The number of ether oxygens (including phenoxy) is 3. The Morgan fingerprint density at radius 3 is 0.822 bits per heavy atom. The summed E-state index contributed by atoms with van der Waals surface area (Å²) in [7, 11) is 0. The van der Waals surface area contributed by atoms with E-state index in [1.54, 1.807) is 0 Å². The Hall–Kier alpha value is -3.41. The van der Waals surface area contributed by atoms with Gasteiger partial charge in [0.2, 0.25) is 0 Å². The summed E-state index contributed by atoms with van der Waals surface area (Å²) < 4.78 is 16.9. The summed E-state index contributed by atoms with van der Waals surface area (Å²) in [5.41, 5.74) is 0. The zero-order chi connectivity index (χ0) is 52.9. The fraction of sp³-hybridized carbons (Fsp3) is 0.746. The maximum absolute atomic E-state index is 12.9. The Bertz CT molecular complexity index is 1400. The third kappa shape index (κ3) is 59.3. The van der Waals surface area contributed by atoms with E-state index in [-0.39, 0.29) is 31.1 Å². The monoisotopic (exact) mass is 1020 g/mol. The summed E-state index contributed by atoms with van der Waals surface area (Å²) in [5, 5.41) is 0. The molecule has 0 heterocycles. The predicted octanol–water partition coefficient (Wildman–Crippen LogP) is 21.1. The standard InChI is InChI=1S/C67H116O6/c1-4-7-10-13-16-19-22-25-28-31-33-36-39-42-45-48-51-54-57-60-66(69)72-63-64(62-71-65(68)59-56-53-50-47-44-41-38-35-30-27-24-21-18-15-12-9-6-3)73-67(70)61-58-55-52-49-46-43-40-37-34-32-29-26-23-20-17-14-11-8-5-2/h16-17,19-20,25-30,33,36,42,45,64H,4-15,18,21-24,31-32,34-35,37-41,43-44,46-63H2,1-3H3/b19-16-,20-17-,28-25-,29-26-,30-27-,36-33-,45-42-/t64-/m0/s1. The molecule has 0 unspecified atom stereocenters. The molecule has 0 spiro atoms. The van der Waals surface area contributed by atoms with E-state index in [9.17, 15) is 14.4 Å². The topological polar surface area (TPSA) is 78.9 Å². The van der Waals surface area contributed by atoms with Crippen molar-refractivity contribution in [1.29, 1.82) is 0 Å². The van der Waals surface area contributed by atoms with E-state index in [0.717, 1.165) is 89.9 Å². The highest BCUT2D eigenvalue weighted by molar-refractivity contribution is 5.71. The van der Waals surface area contributed by atoms with Crippen molar-refractivity contribution < 1.29 is 28.6 Å². The molecule has 0 aromatic rings. The lowest BCUT2D eigenvalue weighted by Gasteiger charge is -2.18. The normalized spacial score (nSPS) is 12.6.